The van der Waals surface area contributed by atoms with E-state index in [-0.39, 0.29) is 0 Å². The summed E-state index contributed by atoms with van der Waals surface area (Å²) < 4.78 is 0. The molecule has 0 aromatic carbocycles. The van der Waals surface area contributed by atoms with Gasteiger partial charge in [-0.3, -0.25) is 0 Å². The molecule has 0 aromatic heterocycles. The Morgan fingerprint density at radius 1 is 1.62 bits per heavy atom. The molecule has 0 aliphatic rings. The third-order valence-electron chi connectivity index (χ3n) is 1.51. The van der Waals surface area contributed by atoms with E-state index in [2.05, 4.69) is 15.9 Å². The van der Waals surface area contributed by atoms with Crippen LogP contribution in [-0.2, 0) is 0 Å². The minimum absolute atomic E-state index is 0.321. The Morgan fingerprint density at radius 2 is 2.00 bits per heavy atom. The first-order chi connectivity index (χ1) is 3.50. The van der Waals surface area contributed by atoms with Crippen molar-refractivity contribution < 1.29 is 5.11 Å². The summed E-state index contributed by atoms with van der Waals surface area (Å²) >= 11 is 3.22. The van der Waals surface area contributed by atoms with E-state index in [4.69, 9.17) is 0 Å². The van der Waals surface area contributed by atoms with Crippen LogP contribution in [0.4, 0.5) is 0 Å². The number of alkyl halides is 1. The van der Waals surface area contributed by atoms with E-state index in [1.165, 1.54) is 0 Å². The summed E-state index contributed by atoms with van der Waals surface area (Å²) in [6.07, 6.45) is 0. The lowest BCUT2D eigenvalue weighted by Crippen LogP contribution is -2.32. The fourth-order valence-corrected chi connectivity index (χ4v) is 0.802. The monoisotopic (exact) mass is 180 g/mol. The van der Waals surface area contributed by atoms with Crippen molar-refractivity contribution >= 4 is 15.9 Å². The molecule has 0 heterocycles. The van der Waals surface area contributed by atoms with Gasteiger partial charge in [-0.25, -0.2) is 0 Å². The third-order valence-corrected chi connectivity index (χ3v) is 2.65. The fourth-order valence-electron chi connectivity index (χ4n) is 0.154. The first-order valence-electron chi connectivity index (χ1n) is 2.79. The molecule has 1 atom stereocenters. The highest BCUT2D eigenvalue weighted by Gasteiger charge is 2.22. The molecule has 0 amide bonds. The Labute approximate surface area is 59.2 Å². The minimum Gasteiger partial charge on any atom is -0.389 e. The fraction of sp³-hybridized carbons (Fsp3) is 1.00. The van der Waals surface area contributed by atoms with Crippen molar-refractivity contribution in [3.8, 4) is 0 Å². The van der Waals surface area contributed by atoms with Gasteiger partial charge in [0.05, 0.1) is 5.60 Å². The molecular formula is C6H13BrO. The molecule has 1 nitrogen and oxygen atoms in total. The van der Waals surface area contributed by atoms with Crippen LogP contribution >= 0.6 is 15.9 Å². The highest BCUT2D eigenvalue weighted by Crippen LogP contribution is 2.17. The molecule has 0 aliphatic carbocycles. The standard InChI is InChI=1S/C6H13BrO/c1-5(2)6(3,8)4-7/h5,8H,4H2,1-3H3. The lowest BCUT2D eigenvalue weighted by molar-refractivity contribution is 0.0388. The molecule has 0 bridgehead atoms. The maximum Gasteiger partial charge on any atom is 0.0738 e. The molecule has 0 saturated heterocycles. The highest BCUT2D eigenvalue weighted by atomic mass is 79.9. The van der Waals surface area contributed by atoms with E-state index in [1.54, 1.807) is 0 Å². The van der Waals surface area contributed by atoms with Gasteiger partial charge in [-0.2, -0.15) is 0 Å². The largest absolute Gasteiger partial charge is 0.389 e. The van der Waals surface area contributed by atoms with Crippen LogP contribution in [0.25, 0.3) is 0 Å². The van der Waals surface area contributed by atoms with E-state index in [0.717, 1.165) is 0 Å². The summed E-state index contributed by atoms with van der Waals surface area (Å²) in [6.45, 7) is 5.83. The van der Waals surface area contributed by atoms with Crippen molar-refractivity contribution in [2.75, 3.05) is 5.33 Å². The molecule has 0 rings (SSSR count). The number of hydrogen-bond acceptors (Lipinski definition) is 1. The van der Waals surface area contributed by atoms with Crippen LogP contribution in [0.15, 0.2) is 0 Å². The molecule has 1 unspecified atom stereocenters. The topological polar surface area (TPSA) is 20.2 Å². The van der Waals surface area contributed by atoms with E-state index >= 15 is 0 Å². The molecule has 0 aromatic rings. The Kier molecular flexibility index (Phi) is 2.99. The zero-order chi connectivity index (χ0) is 6.78. The number of halogens is 1. The lowest BCUT2D eigenvalue weighted by Gasteiger charge is -2.24. The zero-order valence-electron chi connectivity index (χ0n) is 5.61. The number of aliphatic hydroxyl groups is 1. The Bertz CT molecular complexity index is 68.9. The van der Waals surface area contributed by atoms with E-state index < -0.39 is 5.60 Å². The molecule has 0 fully saturated rings. The van der Waals surface area contributed by atoms with E-state index in [0.29, 0.717) is 11.2 Å². The van der Waals surface area contributed by atoms with Gasteiger partial charge in [-0.05, 0) is 12.8 Å². The Morgan fingerprint density at radius 3 is 2.00 bits per heavy atom. The van der Waals surface area contributed by atoms with Crippen molar-refractivity contribution in [3.05, 3.63) is 0 Å². The first-order valence-corrected chi connectivity index (χ1v) is 3.91. The second kappa shape index (κ2) is 2.83. The molecule has 50 valence electrons. The quantitative estimate of drug-likeness (QED) is 0.644. The van der Waals surface area contributed by atoms with Gasteiger partial charge in [-0.15, -0.1) is 0 Å². The number of rotatable bonds is 2. The summed E-state index contributed by atoms with van der Waals surface area (Å²) in [5, 5.41) is 10.0. The van der Waals surface area contributed by atoms with Crippen LogP contribution in [-0.4, -0.2) is 16.0 Å². The maximum atomic E-state index is 9.35. The van der Waals surface area contributed by atoms with E-state index in [1.807, 2.05) is 20.8 Å². The lowest BCUT2D eigenvalue weighted by atomic mass is 9.95. The van der Waals surface area contributed by atoms with E-state index in [9.17, 15) is 5.11 Å². The van der Waals surface area contributed by atoms with Gasteiger partial charge in [0.1, 0.15) is 0 Å². The second-order valence-electron chi connectivity index (χ2n) is 2.65. The summed E-state index contributed by atoms with van der Waals surface area (Å²) in [6, 6.07) is 0. The summed E-state index contributed by atoms with van der Waals surface area (Å²) in [4.78, 5) is 0. The molecule has 0 saturated carbocycles. The Balaban J connectivity index is 3.71. The van der Waals surface area contributed by atoms with Crippen molar-refractivity contribution in [1.29, 1.82) is 0 Å². The zero-order valence-corrected chi connectivity index (χ0v) is 7.20. The van der Waals surface area contributed by atoms with Gasteiger partial charge in [0.15, 0.2) is 0 Å². The van der Waals surface area contributed by atoms with Crippen LogP contribution in [0, 0.1) is 5.92 Å². The van der Waals surface area contributed by atoms with Crippen molar-refractivity contribution in [3.63, 3.8) is 0 Å². The summed E-state index contributed by atoms with van der Waals surface area (Å²) in [5.41, 5.74) is -0.542. The normalized spacial score (nSPS) is 18.8. The van der Waals surface area contributed by atoms with Gasteiger partial charge in [0.2, 0.25) is 0 Å². The minimum atomic E-state index is -0.542. The third kappa shape index (κ3) is 2.14. The molecular weight excluding hydrogens is 168 g/mol. The second-order valence-corrected chi connectivity index (χ2v) is 3.21. The van der Waals surface area contributed by atoms with Gasteiger partial charge < -0.3 is 5.11 Å². The first kappa shape index (κ1) is 8.44. The number of hydrogen-bond donors (Lipinski definition) is 1. The van der Waals surface area contributed by atoms with Gasteiger partial charge in [0, 0.05) is 5.33 Å². The summed E-state index contributed by atoms with van der Waals surface area (Å²) in [5.74, 6) is 0.321. The molecule has 1 N–H and O–H groups in total. The smallest absolute Gasteiger partial charge is 0.0738 e. The Hall–Kier alpha value is 0.440. The predicted molar refractivity (Wildman–Crippen MR) is 39.3 cm³/mol. The SMILES string of the molecule is CC(C)C(C)(O)CBr. The average Bonchev–Trinajstić information content (AvgIpc) is 1.67. The molecule has 0 radical (unpaired) electrons. The van der Waals surface area contributed by atoms with Crippen LogP contribution in [0.1, 0.15) is 20.8 Å². The van der Waals surface area contributed by atoms with Gasteiger partial charge in [-0.1, -0.05) is 29.8 Å². The van der Waals surface area contributed by atoms with Crippen molar-refractivity contribution in [2.45, 2.75) is 26.4 Å². The van der Waals surface area contributed by atoms with Crippen LogP contribution in [0.5, 0.6) is 0 Å². The van der Waals surface area contributed by atoms with Gasteiger partial charge in [0.25, 0.3) is 0 Å². The molecule has 2 heteroatoms. The van der Waals surface area contributed by atoms with Crippen LogP contribution < -0.4 is 0 Å². The highest BCUT2D eigenvalue weighted by molar-refractivity contribution is 9.09. The van der Waals surface area contributed by atoms with Crippen molar-refractivity contribution in [1.82, 2.24) is 0 Å². The average molecular weight is 181 g/mol. The summed E-state index contributed by atoms with van der Waals surface area (Å²) in [7, 11) is 0. The maximum absolute atomic E-state index is 9.35. The van der Waals surface area contributed by atoms with Crippen LogP contribution in [0.3, 0.4) is 0 Å². The molecule has 0 aliphatic heterocycles. The van der Waals surface area contributed by atoms with Crippen LogP contribution in [0.2, 0.25) is 0 Å². The molecule has 0 spiro atoms. The molecule has 8 heavy (non-hydrogen) atoms. The predicted octanol–water partition coefficient (Wildman–Crippen LogP) is 1.79. The van der Waals surface area contributed by atoms with Crippen molar-refractivity contribution in [2.24, 2.45) is 5.92 Å². The van der Waals surface area contributed by atoms with Gasteiger partial charge >= 0.3 is 0 Å².